The molecule has 0 fully saturated rings. The summed E-state index contributed by atoms with van der Waals surface area (Å²) in [6, 6.07) is 57.1. The maximum atomic E-state index is 13.3. The number of benzene rings is 9. The first-order valence-corrected chi connectivity index (χ1v) is 24.3. The lowest BCUT2D eigenvalue weighted by Crippen LogP contribution is -2.33. The van der Waals surface area contributed by atoms with E-state index >= 15 is 0 Å². The molecule has 2 aromatic heterocycles. The van der Waals surface area contributed by atoms with Gasteiger partial charge in [-0.3, -0.25) is 19.6 Å². The zero-order valence-corrected chi connectivity index (χ0v) is 41.2. The second-order valence-corrected chi connectivity index (χ2v) is 18.1. The molecule has 0 saturated carbocycles. The molecule has 366 valence electrons. The Hall–Kier alpha value is -8.90. The third kappa shape index (κ3) is 10.4. The van der Waals surface area contributed by atoms with Crippen molar-refractivity contribution < 1.29 is 34.0 Å². The van der Waals surface area contributed by atoms with E-state index in [2.05, 4.69) is 38.8 Å². The average Bonchev–Trinajstić information content (AvgIpc) is 3.46. The lowest BCUT2D eigenvalue weighted by molar-refractivity contribution is -0.124. The molecule has 74 heavy (non-hydrogen) atoms. The van der Waals surface area contributed by atoms with Gasteiger partial charge in [0.25, 0.3) is 11.8 Å². The van der Waals surface area contributed by atoms with E-state index in [0.29, 0.717) is 54.5 Å². The number of methoxy groups -OCH3 is 1. The van der Waals surface area contributed by atoms with Gasteiger partial charge in [-0.05, 0) is 128 Å². The molecule has 9 aromatic carbocycles. The summed E-state index contributed by atoms with van der Waals surface area (Å²) in [5.41, 5.74) is 3.23. The predicted octanol–water partition coefficient (Wildman–Crippen LogP) is 13.2. The summed E-state index contributed by atoms with van der Waals surface area (Å²) in [4.78, 5) is 35.0. The number of nitrogens with zero attached hydrogens (tertiary/aromatic N) is 2. The van der Waals surface area contributed by atoms with Crippen LogP contribution in [0.2, 0.25) is 10.0 Å². The van der Waals surface area contributed by atoms with E-state index in [1.807, 2.05) is 109 Å². The number of phenols is 2. The van der Waals surface area contributed by atoms with Crippen molar-refractivity contribution in [3.05, 3.63) is 233 Å². The molecule has 0 bridgehead atoms. The van der Waals surface area contributed by atoms with Gasteiger partial charge in [0, 0.05) is 34.3 Å². The number of halogens is 2. The lowest BCUT2D eigenvalue weighted by Gasteiger charge is -2.24. The largest absolute Gasteiger partial charge is 0.505 e. The van der Waals surface area contributed by atoms with E-state index in [-0.39, 0.29) is 36.5 Å². The Morgan fingerprint density at radius 2 is 0.959 bits per heavy atom. The number of nitrogens with one attached hydrogen (secondary N) is 2. The van der Waals surface area contributed by atoms with Crippen molar-refractivity contribution in [3.8, 4) is 28.7 Å². The van der Waals surface area contributed by atoms with E-state index in [0.717, 1.165) is 49.2 Å². The van der Waals surface area contributed by atoms with Gasteiger partial charge in [-0.15, -0.1) is 0 Å². The molecule has 0 aliphatic rings. The Morgan fingerprint density at radius 1 is 0.473 bits per heavy atom. The highest BCUT2D eigenvalue weighted by Crippen LogP contribution is 2.42. The molecule has 0 aliphatic carbocycles. The van der Waals surface area contributed by atoms with Gasteiger partial charge in [-0.25, -0.2) is 0 Å². The number of phenolic OH excluding ortho intramolecular Hbond substituents is 2. The van der Waals surface area contributed by atoms with Crippen LogP contribution in [0, 0.1) is 0 Å². The summed E-state index contributed by atoms with van der Waals surface area (Å²) in [7, 11) is 1.62. The van der Waals surface area contributed by atoms with Gasteiger partial charge in [0.05, 0.1) is 29.2 Å². The number of amides is 2. The topological polar surface area (TPSA) is 152 Å². The molecule has 2 heterocycles. The second-order valence-electron chi connectivity index (χ2n) is 17.3. The van der Waals surface area contributed by atoms with Crippen LogP contribution in [0.5, 0.6) is 28.7 Å². The van der Waals surface area contributed by atoms with E-state index in [9.17, 15) is 19.8 Å². The fourth-order valence-electron chi connectivity index (χ4n) is 9.12. The van der Waals surface area contributed by atoms with Gasteiger partial charge in [0.1, 0.15) is 39.8 Å². The number of ether oxygens (including phenoxy) is 3. The summed E-state index contributed by atoms with van der Waals surface area (Å²) >= 11 is 13.2. The number of para-hydroxylation sites is 2. The van der Waals surface area contributed by atoms with Crippen molar-refractivity contribution in [1.82, 2.24) is 20.6 Å². The molecule has 2 unspecified atom stereocenters. The Labute approximate surface area is 435 Å². The maximum Gasteiger partial charge on any atom is 0.258 e. The quantitative estimate of drug-likeness (QED) is 0.0827. The highest BCUT2D eigenvalue weighted by molar-refractivity contribution is 6.36. The van der Waals surface area contributed by atoms with Crippen LogP contribution >= 0.6 is 23.2 Å². The summed E-state index contributed by atoms with van der Waals surface area (Å²) < 4.78 is 16.7. The Morgan fingerprint density at radius 3 is 1.55 bits per heavy atom. The minimum atomic E-state index is -0.722. The highest BCUT2D eigenvalue weighted by Gasteiger charge is 2.27. The normalized spacial score (nSPS) is 11.9. The summed E-state index contributed by atoms with van der Waals surface area (Å²) in [5, 5.41) is 36.9. The number of aromatic hydroxyl groups is 2. The minimum Gasteiger partial charge on any atom is -0.505 e. The van der Waals surface area contributed by atoms with Crippen molar-refractivity contribution >= 4 is 89.1 Å². The van der Waals surface area contributed by atoms with Crippen molar-refractivity contribution in [2.45, 2.75) is 12.1 Å². The van der Waals surface area contributed by atoms with Gasteiger partial charge in [-0.1, -0.05) is 126 Å². The van der Waals surface area contributed by atoms with E-state index in [4.69, 9.17) is 37.4 Å². The molecular weight excluding hydrogens is 972 g/mol. The third-order valence-corrected chi connectivity index (χ3v) is 13.3. The van der Waals surface area contributed by atoms with Gasteiger partial charge in [-0.2, -0.15) is 0 Å². The van der Waals surface area contributed by atoms with E-state index in [1.54, 1.807) is 80.2 Å². The number of aromatic nitrogens is 2. The molecule has 0 spiro atoms. The summed E-state index contributed by atoms with van der Waals surface area (Å²) in [6.45, 7) is -0.377. The lowest BCUT2D eigenvalue weighted by atomic mass is 9.89. The highest BCUT2D eigenvalue weighted by atomic mass is 35.5. The van der Waals surface area contributed by atoms with Crippen molar-refractivity contribution in [3.63, 3.8) is 0 Å². The van der Waals surface area contributed by atoms with Crippen LogP contribution in [0.15, 0.2) is 200 Å². The maximum absolute atomic E-state index is 13.3. The first kappa shape index (κ1) is 48.7. The fourth-order valence-corrected chi connectivity index (χ4v) is 9.66. The number of pyridine rings is 2. The average molecular weight is 1020 g/mol. The molecule has 0 radical (unpaired) electrons. The van der Waals surface area contributed by atoms with Gasteiger partial charge in [0.15, 0.2) is 13.2 Å². The minimum absolute atomic E-state index is 0.0310. The molecule has 0 saturated heterocycles. The number of fused-ring (bicyclic) bond motifs is 6. The Kier molecular flexibility index (Phi) is 14.4. The number of carbonyl (C=O) groups is 2. The predicted molar refractivity (Wildman–Crippen MR) is 293 cm³/mol. The SMILES string of the molecule is COc1ccc2cc(C(NC(=O)COc3ccccc3)c3cc(Cl)c4cccnc4c3O)ccc2c1.O=C(COc1ccccc1)NC(c1cc(Cl)c2cccnc2c1O)c1cc2ccccc2c2ccccc12. The van der Waals surface area contributed by atoms with Crippen molar-refractivity contribution in [1.29, 1.82) is 0 Å². The monoisotopic (exact) mass is 1020 g/mol. The van der Waals surface area contributed by atoms with Crippen LogP contribution in [0.4, 0.5) is 0 Å². The zero-order chi connectivity index (χ0) is 51.1. The van der Waals surface area contributed by atoms with E-state index in [1.165, 1.54) is 0 Å². The van der Waals surface area contributed by atoms with Crippen LogP contribution in [0.3, 0.4) is 0 Å². The molecule has 0 aliphatic heterocycles. The van der Waals surface area contributed by atoms with Gasteiger partial charge < -0.3 is 35.1 Å². The Bertz CT molecular complexity index is 3860. The van der Waals surface area contributed by atoms with Crippen LogP contribution in [0.25, 0.3) is 54.1 Å². The molecule has 11 nitrogen and oxygen atoms in total. The molecular formula is C61H46Cl2N4O7. The number of rotatable bonds is 13. The Balaban J connectivity index is 0.000000170. The summed E-state index contributed by atoms with van der Waals surface area (Å²) in [6.07, 6.45) is 3.20. The van der Waals surface area contributed by atoms with Crippen molar-refractivity contribution in [2.75, 3.05) is 20.3 Å². The van der Waals surface area contributed by atoms with Crippen LogP contribution in [0.1, 0.15) is 34.3 Å². The molecule has 11 rings (SSSR count). The zero-order valence-electron chi connectivity index (χ0n) is 39.7. The smallest absolute Gasteiger partial charge is 0.258 e. The van der Waals surface area contributed by atoms with Crippen LogP contribution in [-0.2, 0) is 9.59 Å². The molecule has 13 heteroatoms. The summed E-state index contributed by atoms with van der Waals surface area (Å²) in [5.74, 6) is 1.17. The van der Waals surface area contributed by atoms with Gasteiger partial charge >= 0.3 is 0 Å². The van der Waals surface area contributed by atoms with E-state index < -0.39 is 12.1 Å². The number of hydrogen-bond acceptors (Lipinski definition) is 9. The molecule has 11 aromatic rings. The second kappa shape index (κ2) is 21.8. The first-order chi connectivity index (χ1) is 36.1. The fraction of sp³-hybridized carbons (Fsp3) is 0.0820. The van der Waals surface area contributed by atoms with Crippen LogP contribution < -0.4 is 24.8 Å². The number of carbonyl (C=O) groups excluding carboxylic acids is 2. The van der Waals surface area contributed by atoms with Crippen LogP contribution in [-0.4, -0.2) is 52.3 Å². The third-order valence-electron chi connectivity index (χ3n) is 12.7. The molecule has 4 N–H and O–H groups in total. The molecule has 2 atom stereocenters. The number of hydrogen-bond donors (Lipinski definition) is 4. The molecule has 2 amide bonds. The first-order valence-electron chi connectivity index (χ1n) is 23.6. The standard InChI is InChI=1S/C32H23ClN2O3.C29H23ClN2O4/c33-28-18-27(32(37)31-25(28)15-8-16-34-31)30(35-29(36)19-38-21-10-2-1-3-11-21)26-17-20-9-4-5-12-22(20)23-13-6-7-14-24(23)26;1-35-22-12-11-18-14-20(10-9-19(18)15-22)27(32-26(33)17-36-21-6-3-2-4-7-21)24-16-25(30)23-8-5-13-31-28(23)29(24)34/h1-18,30,37H,19H2,(H,35,36);2-16,27,34H,17H2,1H3,(H,32,33). The van der Waals surface area contributed by atoms with Gasteiger partial charge in [0.2, 0.25) is 0 Å². The van der Waals surface area contributed by atoms with Crippen molar-refractivity contribution in [2.24, 2.45) is 0 Å².